The fraction of sp³-hybridized carbons (Fsp3) is 0.794. The molecule has 0 spiro atoms. The molecule has 38 heavy (non-hydrogen) atoms. The van der Waals surface area contributed by atoms with Gasteiger partial charge >= 0.3 is 0 Å². The highest BCUT2D eigenvalue weighted by Crippen LogP contribution is 2.45. The molecule has 1 aliphatic heterocycles. The van der Waals surface area contributed by atoms with Crippen molar-refractivity contribution < 1.29 is 19.4 Å². The summed E-state index contributed by atoms with van der Waals surface area (Å²) in [5.74, 6) is 4.29. The molecule has 0 bridgehead atoms. The largest absolute Gasteiger partial charge is 0.487 e. The van der Waals surface area contributed by atoms with Gasteiger partial charge in [0.25, 0.3) is 0 Å². The Labute approximate surface area is 234 Å². The van der Waals surface area contributed by atoms with E-state index in [1.54, 1.807) is 6.92 Å². The van der Waals surface area contributed by atoms with E-state index >= 15 is 0 Å². The third-order valence-corrected chi connectivity index (χ3v) is 8.84. The van der Waals surface area contributed by atoms with Crippen LogP contribution in [0.5, 0.6) is 11.5 Å². The average Bonchev–Trinajstić information content (AvgIpc) is 2.83. The maximum atomic E-state index is 11.3. The highest BCUT2D eigenvalue weighted by Gasteiger charge is 2.34. The van der Waals surface area contributed by atoms with Crippen LogP contribution < -0.4 is 9.47 Å². The maximum absolute atomic E-state index is 11.3. The van der Waals surface area contributed by atoms with Gasteiger partial charge < -0.3 is 19.4 Å². The molecule has 0 amide bonds. The van der Waals surface area contributed by atoms with Crippen LogP contribution in [0.25, 0.3) is 0 Å². The fourth-order valence-corrected chi connectivity index (χ4v) is 5.96. The Morgan fingerprint density at radius 2 is 1.47 bits per heavy atom. The molecule has 0 saturated heterocycles. The van der Waals surface area contributed by atoms with E-state index in [1.165, 1.54) is 56.9 Å². The lowest BCUT2D eigenvalue weighted by Crippen LogP contribution is -2.37. The molecule has 0 radical (unpaired) electrons. The van der Waals surface area contributed by atoms with Gasteiger partial charge in [0.1, 0.15) is 22.9 Å². The SMILES string of the molecule is CC(=O)CC[C@@H](O)Oc1c(C)c(C)c2c(c1C)CC[C@@](C)(CCC[C@H](C)CCC[C@H](C)CCCC(C)C)O2. The normalized spacial score (nSPS) is 19.6. The molecule has 4 heteroatoms. The predicted molar refractivity (Wildman–Crippen MR) is 159 cm³/mol. The summed E-state index contributed by atoms with van der Waals surface area (Å²) in [6.07, 6.45) is 13.4. The number of aliphatic hydroxyl groups is 1. The van der Waals surface area contributed by atoms with E-state index in [9.17, 15) is 9.90 Å². The van der Waals surface area contributed by atoms with Crippen molar-refractivity contribution in [3.63, 3.8) is 0 Å². The molecular weight excluding hydrogens is 472 g/mol. The molecule has 1 aromatic rings. The molecule has 218 valence electrons. The topological polar surface area (TPSA) is 55.8 Å². The van der Waals surface area contributed by atoms with Crippen molar-refractivity contribution in [3.8, 4) is 11.5 Å². The second kappa shape index (κ2) is 15.3. The van der Waals surface area contributed by atoms with Gasteiger partial charge in [-0.05, 0) is 94.7 Å². The molecule has 4 atom stereocenters. The van der Waals surface area contributed by atoms with Crippen LogP contribution in [0.15, 0.2) is 0 Å². The highest BCUT2D eigenvalue weighted by atomic mass is 16.6. The van der Waals surface area contributed by atoms with Gasteiger partial charge in [0.2, 0.25) is 0 Å². The van der Waals surface area contributed by atoms with Crippen molar-refractivity contribution in [1.29, 1.82) is 0 Å². The lowest BCUT2D eigenvalue weighted by molar-refractivity contribution is -0.118. The Balaban J connectivity index is 1.86. The van der Waals surface area contributed by atoms with E-state index in [2.05, 4.69) is 48.5 Å². The first-order valence-corrected chi connectivity index (χ1v) is 15.5. The van der Waals surface area contributed by atoms with E-state index < -0.39 is 6.29 Å². The zero-order valence-corrected chi connectivity index (χ0v) is 26.2. The molecule has 0 unspecified atom stereocenters. The smallest absolute Gasteiger partial charge is 0.197 e. The first kappa shape index (κ1) is 32.7. The molecule has 0 aliphatic carbocycles. The fourth-order valence-electron chi connectivity index (χ4n) is 5.96. The van der Waals surface area contributed by atoms with Crippen molar-refractivity contribution in [3.05, 3.63) is 22.3 Å². The lowest BCUT2D eigenvalue weighted by Gasteiger charge is -2.38. The third kappa shape index (κ3) is 10.2. The van der Waals surface area contributed by atoms with Gasteiger partial charge in [-0.15, -0.1) is 0 Å². The van der Waals surface area contributed by atoms with Gasteiger partial charge in [-0.3, -0.25) is 0 Å². The molecule has 2 rings (SSSR count). The second-order valence-corrected chi connectivity index (χ2v) is 13.2. The first-order chi connectivity index (χ1) is 17.8. The summed E-state index contributed by atoms with van der Waals surface area (Å²) in [4.78, 5) is 11.3. The van der Waals surface area contributed by atoms with Crippen molar-refractivity contribution >= 4 is 5.78 Å². The average molecular weight is 531 g/mol. The van der Waals surface area contributed by atoms with Crippen LogP contribution in [-0.4, -0.2) is 22.8 Å². The Bertz CT molecular complexity index is 889. The van der Waals surface area contributed by atoms with E-state index in [4.69, 9.17) is 9.47 Å². The van der Waals surface area contributed by atoms with E-state index in [1.807, 2.05) is 6.92 Å². The van der Waals surface area contributed by atoms with Gasteiger partial charge in [-0.1, -0.05) is 72.6 Å². The monoisotopic (exact) mass is 530 g/mol. The molecule has 0 aromatic heterocycles. The number of ketones is 1. The van der Waals surface area contributed by atoms with Crippen molar-refractivity contribution in [2.45, 2.75) is 158 Å². The number of fused-ring (bicyclic) bond motifs is 1. The number of Topliss-reactive ketones (excluding diaryl/α,β-unsaturated/α-hetero) is 1. The molecule has 4 nitrogen and oxygen atoms in total. The molecular formula is C34H58O4. The van der Waals surface area contributed by atoms with Gasteiger partial charge in [-0.2, -0.15) is 0 Å². The van der Waals surface area contributed by atoms with Crippen molar-refractivity contribution in [2.75, 3.05) is 0 Å². The third-order valence-electron chi connectivity index (χ3n) is 8.84. The molecule has 1 N–H and O–H groups in total. The molecule has 1 aliphatic rings. The van der Waals surface area contributed by atoms with Crippen molar-refractivity contribution in [1.82, 2.24) is 0 Å². The number of benzene rings is 1. The van der Waals surface area contributed by atoms with Crippen LogP contribution in [0.4, 0.5) is 0 Å². The minimum Gasteiger partial charge on any atom is -0.487 e. The Morgan fingerprint density at radius 1 is 0.895 bits per heavy atom. The predicted octanol–water partition coefficient (Wildman–Crippen LogP) is 9.20. The zero-order chi connectivity index (χ0) is 28.5. The first-order valence-electron chi connectivity index (χ1n) is 15.5. The summed E-state index contributed by atoms with van der Waals surface area (Å²) in [6.45, 7) is 19.5. The second-order valence-electron chi connectivity index (χ2n) is 13.2. The van der Waals surface area contributed by atoms with Crippen LogP contribution in [-0.2, 0) is 11.2 Å². The quantitative estimate of drug-likeness (QED) is 0.204. The maximum Gasteiger partial charge on any atom is 0.197 e. The number of carbonyl (C=O) groups is 1. The Hall–Kier alpha value is -1.55. The number of carbonyl (C=O) groups excluding carboxylic acids is 1. The standard InChI is InChI=1S/C34H58O4/c1-23(2)13-10-14-24(3)15-11-16-25(4)17-12-21-34(9)22-20-30-29(8)32(27(6)28(7)33(30)38-34)37-31(36)19-18-26(5)35/h23-25,31,36H,10-22H2,1-9H3/t24-,25-,31+,34-/m1/s1. The van der Waals surface area contributed by atoms with Crippen LogP contribution >= 0.6 is 0 Å². The molecule has 1 aromatic carbocycles. The molecule has 1 heterocycles. The number of ether oxygens (including phenoxy) is 2. The number of aliphatic hydroxyl groups excluding tert-OH is 1. The number of rotatable bonds is 17. The summed E-state index contributed by atoms with van der Waals surface area (Å²) in [6, 6.07) is 0. The van der Waals surface area contributed by atoms with Gasteiger partial charge in [0.15, 0.2) is 6.29 Å². The summed E-state index contributed by atoms with van der Waals surface area (Å²) in [7, 11) is 0. The number of hydrogen-bond donors (Lipinski definition) is 1. The van der Waals surface area contributed by atoms with Gasteiger partial charge in [0, 0.05) is 18.4 Å². The summed E-state index contributed by atoms with van der Waals surface area (Å²) >= 11 is 0. The summed E-state index contributed by atoms with van der Waals surface area (Å²) in [5, 5.41) is 10.3. The van der Waals surface area contributed by atoms with Crippen molar-refractivity contribution in [2.24, 2.45) is 17.8 Å². The van der Waals surface area contributed by atoms with E-state index in [0.29, 0.717) is 12.8 Å². The Kier molecular flexibility index (Phi) is 13.1. The summed E-state index contributed by atoms with van der Waals surface area (Å²) < 4.78 is 12.7. The van der Waals surface area contributed by atoms with Gasteiger partial charge in [0.05, 0.1) is 0 Å². The van der Waals surface area contributed by atoms with E-state index in [0.717, 1.165) is 65.2 Å². The van der Waals surface area contributed by atoms with Crippen LogP contribution in [0.3, 0.4) is 0 Å². The van der Waals surface area contributed by atoms with Crippen LogP contribution in [0, 0.1) is 38.5 Å². The molecule has 0 fully saturated rings. The Morgan fingerprint density at radius 3 is 2.05 bits per heavy atom. The minimum absolute atomic E-state index is 0.0620. The zero-order valence-electron chi connectivity index (χ0n) is 26.2. The molecule has 0 saturated carbocycles. The van der Waals surface area contributed by atoms with Crippen LogP contribution in [0.2, 0.25) is 0 Å². The minimum atomic E-state index is -0.974. The lowest BCUT2D eigenvalue weighted by atomic mass is 9.83. The van der Waals surface area contributed by atoms with E-state index in [-0.39, 0.29) is 11.4 Å². The summed E-state index contributed by atoms with van der Waals surface area (Å²) in [5.41, 5.74) is 4.24. The highest BCUT2D eigenvalue weighted by molar-refractivity contribution is 5.75. The number of hydrogen-bond acceptors (Lipinski definition) is 4. The van der Waals surface area contributed by atoms with Crippen LogP contribution in [0.1, 0.15) is 141 Å². The van der Waals surface area contributed by atoms with Gasteiger partial charge in [-0.25, -0.2) is 0 Å².